The lowest BCUT2D eigenvalue weighted by Crippen LogP contribution is -2.37. The van der Waals surface area contributed by atoms with Crippen molar-refractivity contribution >= 4 is 5.91 Å². The van der Waals surface area contributed by atoms with Gasteiger partial charge in [-0.3, -0.25) is 4.79 Å². The molecule has 6 nitrogen and oxygen atoms in total. The number of hydrogen-bond acceptors (Lipinski definition) is 5. The summed E-state index contributed by atoms with van der Waals surface area (Å²) in [5.41, 5.74) is 0.643. The highest BCUT2D eigenvalue weighted by Crippen LogP contribution is 2.31. The van der Waals surface area contributed by atoms with Crippen LogP contribution in [0, 0.1) is 0 Å². The molecule has 0 fully saturated rings. The van der Waals surface area contributed by atoms with Gasteiger partial charge in [0.15, 0.2) is 0 Å². The van der Waals surface area contributed by atoms with Crippen molar-refractivity contribution in [1.29, 1.82) is 0 Å². The van der Waals surface area contributed by atoms with Gasteiger partial charge < -0.3 is 24.6 Å². The Labute approximate surface area is 131 Å². The number of ether oxygens (including phenoxy) is 2. The molecule has 1 aromatic carbocycles. The van der Waals surface area contributed by atoms with Crippen molar-refractivity contribution < 1.29 is 24.5 Å². The molecule has 124 valence electrons. The monoisotopic (exact) mass is 311 g/mol. The Kier molecular flexibility index (Phi) is 7.70. The zero-order valence-electron chi connectivity index (χ0n) is 13.4. The topological polar surface area (TPSA) is 79.2 Å². The first kappa shape index (κ1) is 18.3. The summed E-state index contributed by atoms with van der Waals surface area (Å²) in [6, 6.07) is 4.42. The fraction of sp³-hybridized carbons (Fsp3) is 0.562. The predicted octanol–water partition coefficient (Wildman–Crippen LogP) is 1.71. The van der Waals surface area contributed by atoms with Crippen molar-refractivity contribution in [3.63, 3.8) is 0 Å². The van der Waals surface area contributed by atoms with Crippen LogP contribution in [0.4, 0.5) is 0 Å². The van der Waals surface area contributed by atoms with E-state index in [4.69, 9.17) is 9.47 Å². The van der Waals surface area contributed by atoms with Gasteiger partial charge in [0.25, 0.3) is 0 Å². The Balaban J connectivity index is 2.69. The van der Waals surface area contributed by atoms with Gasteiger partial charge in [0.2, 0.25) is 5.91 Å². The number of carbonyl (C=O) groups is 1. The summed E-state index contributed by atoms with van der Waals surface area (Å²) in [4.78, 5) is 14.1. The third-order valence-corrected chi connectivity index (χ3v) is 3.51. The molecule has 1 unspecified atom stereocenters. The van der Waals surface area contributed by atoms with Crippen molar-refractivity contribution in [3.05, 3.63) is 23.8 Å². The van der Waals surface area contributed by atoms with E-state index in [1.807, 2.05) is 6.92 Å². The minimum Gasteiger partial charge on any atom is -0.508 e. The SMILES string of the molecule is COCCN(CCOC)C(=O)CC(C)c1ccc(O)cc1O. The first-order valence-corrected chi connectivity index (χ1v) is 7.27. The highest BCUT2D eigenvalue weighted by atomic mass is 16.5. The van der Waals surface area contributed by atoms with Gasteiger partial charge in [-0.1, -0.05) is 13.0 Å². The van der Waals surface area contributed by atoms with Crippen molar-refractivity contribution in [3.8, 4) is 11.5 Å². The Hall–Kier alpha value is -1.79. The van der Waals surface area contributed by atoms with Gasteiger partial charge in [-0.05, 0) is 17.5 Å². The van der Waals surface area contributed by atoms with Crippen LogP contribution in [-0.2, 0) is 14.3 Å². The molecule has 0 radical (unpaired) electrons. The fourth-order valence-electron chi connectivity index (χ4n) is 2.21. The summed E-state index contributed by atoms with van der Waals surface area (Å²) < 4.78 is 10.0. The third-order valence-electron chi connectivity index (χ3n) is 3.51. The van der Waals surface area contributed by atoms with Gasteiger partial charge in [0, 0.05) is 39.8 Å². The number of phenolic OH excluding ortho intramolecular Hbond substituents is 2. The molecule has 1 atom stereocenters. The smallest absolute Gasteiger partial charge is 0.223 e. The van der Waals surface area contributed by atoms with Crippen molar-refractivity contribution in [2.45, 2.75) is 19.3 Å². The Morgan fingerprint density at radius 1 is 1.18 bits per heavy atom. The van der Waals surface area contributed by atoms with Crippen LogP contribution in [0.2, 0.25) is 0 Å². The molecule has 22 heavy (non-hydrogen) atoms. The number of phenols is 2. The van der Waals surface area contributed by atoms with E-state index in [0.29, 0.717) is 31.9 Å². The summed E-state index contributed by atoms with van der Waals surface area (Å²) >= 11 is 0. The number of rotatable bonds is 9. The van der Waals surface area contributed by atoms with Crippen LogP contribution >= 0.6 is 0 Å². The van der Waals surface area contributed by atoms with Crippen LogP contribution in [0.1, 0.15) is 24.8 Å². The van der Waals surface area contributed by atoms with Crippen LogP contribution in [0.3, 0.4) is 0 Å². The number of methoxy groups -OCH3 is 2. The normalized spacial score (nSPS) is 12.1. The van der Waals surface area contributed by atoms with E-state index in [1.54, 1.807) is 25.2 Å². The lowest BCUT2D eigenvalue weighted by atomic mass is 9.96. The highest BCUT2D eigenvalue weighted by Gasteiger charge is 2.19. The second-order valence-electron chi connectivity index (χ2n) is 5.21. The van der Waals surface area contributed by atoms with Gasteiger partial charge in [-0.15, -0.1) is 0 Å². The first-order valence-electron chi connectivity index (χ1n) is 7.27. The fourth-order valence-corrected chi connectivity index (χ4v) is 2.21. The summed E-state index contributed by atoms with van der Waals surface area (Å²) in [6.45, 7) is 3.82. The van der Waals surface area contributed by atoms with E-state index in [1.165, 1.54) is 12.1 Å². The molecule has 1 amide bonds. The molecule has 0 spiro atoms. The number of amides is 1. The number of hydrogen-bond donors (Lipinski definition) is 2. The quantitative estimate of drug-likeness (QED) is 0.726. The first-order chi connectivity index (χ1) is 10.5. The van der Waals surface area contributed by atoms with Crippen LogP contribution in [0.25, 0.3) is 0 Å². The van der Waals surface area contributed by atoms with Gasteiger partial charge in [0.1, 0.15) is 11.5 Å². The predicted molar refractivity (Wildman–Crippen MR) is 83.1 cm³/mol. The number of benzene rings is 1. The summed E-state index contributed by atoms with van der Waals surface area (Å²) in [5, 5.41) is 19.2. The molecule has 1 rings (SSSR count). The molecule has 0 heterocycles. The van der Waals surface area contributed by atoms with Gasteiger partial charge in [-0.2, -0.15) is 0 Å². The van der Waals surface area contributed by atoms with E-state index in [0.717, 1.165) is 0 Å². The van der Waals surface area contributed by atoms with Crippen molar-refractivity contribution in [1.82, 2.24) is 4.90 Å². The molecule has 0 bridgehead atoms. The largest absolute Gasteiger partial charge is 0.508 e. The highest BCUT2D eigenvalue weighted by molar-refractivity contribution is 5.77. The maximum atomic E-state index is 12.4. The Bertz CT molecular complexity index is 470. The maximum absolute atomic E-state index is 12.4. The zero-order chi connectivity index (χ0) is 16.5. The zero-order valence-corrected chi connectivity index (χ0v) is 13.4. The molecule has 0 aliphatic heterocycles. The van der Waals surface area contributed by atoms with E-state index in [9.17, 15) is 15.0 Å². The van der Waals surface area contributed by atoms with Crippen molar-refractivity contribution in [2.75, 3.05) is 40.5 Å². The minimum absolute atomic E-state index is 0.000586. The third kappa shape index (κ3) is 5.54. The lowest BCUT2D eigenvalue weighted by molar-refractivity contribution is -0.132. The van der Waals surface area contributed by atoms with E-state index < -0.39 is 0 Å². The van der Waals surface area contributed by atoms with Crippen LogP contribution in [0.15, 0.2) is 18.2 Å². The molecule has 0 aliphatic rings. The average Bonchev–Trinajstić information content (AvgIpc) is 2.47. The second-order valence-corrected chi connectivity index (χ2v) is 5.21. The summed E-state index contributed by atoms with van der Waals surface area (Å²) in [7, 11) is 3.19. The summed E-state index contributed by atoms with van der Waals surface area (Å²) in [5.74, 6) is -0.169. The molecular formula is C16H25NO5. The Morgan fingerprint density at radius 2 is 1.77 bits per heavy atom. The molecule has 1 aromatic rings. The molecule has 6 heteroatoms. The Morgan fingerprint density at radius 3 is 2.27 bits per heavy atom. The van der Waals surface area contributed by atoms with Crippen molar-refractivity contribution in [2.24, 2.45) is 0 Å². The lowest BCUT2D eigenvalue weighted by Gasteiger charge is -2.24. The van der Waals surface area contributed by atoms with Gasteiger partial charge in [0.05, 0.1) is 13.2 Å². The number of aromatic hydroxyl groups is 2. The average molecular weight is 311 g/mol. The standard InChI is InChI=1S/C16H25NO5/c1-12(14-5-4-13(18)11-15(14)19)10-16(20)17(6-8-21-2)7-9-22-3/h4-5,11-12,18-19H,6-10H2,1-3H3. The molecule has 0 aromatic heterocycles. The van der Waals surface area contributed by atoms with Crippen LogP contribution in [-0.4, -0.2) is 61.5 Å². The molecule has 0 saturated heterocycles. The van der Waals surface area contributed by atoms with Gasteiger partial charge in [-0.25, -0.2) is 0 Å². The molecule has 0 saturated carbocycles. The van der Waals surface area contributed by atoms with Gasteiger partial charge >= 0.3 is 0 Å². The maximum Gasteiger partial charge on any atom is 0.223 e. The van der Waals surface area contributed by atoms with Crippen LogP contribution in [0.5, 0.6) is 11.5 Å². The van der Waals surface area contributed by atoms with E-state index >= 15 is 0 Å². The van der Waals surface area contributed by atoms with Crippen LogP contribution < -0.4 is 0 Å². The molecular weight excluding hydrogens is 286 g/mol. The molecule has 2 N–H and O–H groups in total. The molecule has 0 aliphatic carbocycles. The number of carbonyl (C=O) groups excluding carboxylic acids is 1. The van der Waals surface area contributed by atoms with E-state index in [2.05, 4.69) is 0 Å². The summed E-state index contributed by atoms with van der Waals surface area (Å²) in [6.07, 6.45) is 0.270. The minimum atomic E-state index is -0.152. The number of nitrogens with zero attached hydrogens (tertiary/aromatic N) is 1. The second kappa shape index (κ2) is 9.27. The van der Waals surface area contributed by atoms with E-state index in [-0.39, 0.29) is 29.7 Å².